The van der Waals surface area contributed by atoms with Crippen molar-refractivity contribution in [3.8, 4) is 11.8 Å². The van der Waals surface area contributed by atoms with Crippen LogP contribution in [0.5, 0.6) is 0 Å². The van der Waals surface area contributed by atoms with Gasteiger partial charge in [0.1, 0.15) is 0 Å². The summed E-state index contributed by atoms with van der Waals surface area (Å²) < 4.78 is 5.61. The Bertz CT molecular complexity index is 263. The molecule has 78 valence electrons. The lowest BCUT2D eigenvalue weighted by atomic mass is 9.84. The van der Waals surface area contributed by atoms with Gasteiger partial charge in [-0.2, -0.15) is 0 Å². The summed E-state index contributed by atoms with van der Waals surface area (Å²) in [5.74, 6) is 7.72. The highest BCUT2D eigenvalue weighted by atomic mass is 16.5. The van der Waals surface area contributed by atoms with Crippen molar-refractivity contribution in [3.05, 3.63) is 0 Å². The van der Waals surface area contributed by atoms with E-state index in [1.807, 2.05) is 6.92 Å². The molecule has 2 fully saturated rings. The first-order chi connectivity index (χ1) is 6.74. The molecule has 0 aromatic carbocycles. The van der Waals surface area contributed by atoms with Crippen molar-refractivity contribution in [2.75, 3.05) is 6.61 Å². The number of fused-ring (bicyclic) bond motifs is 1. The summed E-state index contributed by atoms with van der Waals surface area (Å²) in [4.78, 5) is 0. The van der Waals surface area contributed by atoms with Gasteiger partial charge in [-0.15, -0.1) is 11.8 Å². The van der Waals surface area contributed by atoms with Gasteiger partial charge in [0, 0.05) is 6.42 Å². The molecule has 0 aromatic rings. The van der Waals surface area contributed by atoms with Crippen molar-refractivity contribution < 1.29 is 9.84 Å². The predicted molar refractivity (Wildman–Crippen MR) is 54.6 cm³/mol. The third kappa shape index (κ3) is 1.55. The van der Waals surface area contributed by atoms with Gasteiger partial charge in [-0.3, -0.25) is 0 Å². The van der Waals surface area contributed by atoms with Crippen LogP contribution in [-0.4, -0.2) is 23.9 Å². The molecule has 5 atom stereocenters. The molecule has 0 unspecified atom stereocenters. The smallest absolute Gasteiger partial charge is 0.0868 e. The molecular weight excluding hydrogens is 176 g/mol. The molecule has 0 spiro atoms. The molecule has 0 bridgehead atoms. The SMILES string of the molecule is CC#CC[C@H]1C[C@H](O)[C@@H]2OC[C@@H](C)[C@H]12. The Balaban J connectivity index is 2.07. The predicted octanol–water partition coefficient (Wildman–Crippen LogP) is 1.43. The zero-order chi connectivity index (χ0) is 10.1. The number of aliphatic hydroxyl groups excluding tert-OH is 1. The minimum absolute atomic E-state index is 0.0913. The van der Waals surface area contributed by atoms with Crippen LogP contribution in [0.15, 0.2) is 0 Å². The van der Waals surface area contributed by atoms with Crippen LogP contribution >= 0.6 is 0 Å². The van der Waals surface area contributed by atoms with E-state index in [2.05, 4.69) is 18.8 Å². The zero-order valence-corrected chi connectivity index (χ0v) is 8.86. The van der Waals surface area contributed by atoms with Gasteiger partial charge in [0.15, 0.2) is 0 Å². The molecule has 1 saturated heterocycles. The topological polar surface area (TPSA) is 29.5 Å². The Morgan fingerprint density at radius 3 is 3.00 bits per heavy atom. The van der Waals surface area contributed by atoms with E-state index in [-0.39, 0.29) is 12.2 Å². The van der Waals surface area contributed by atoms with Gasteiger partial charge in [-0.05, 0) is 31.1 Å². The van der Waals surface area contributed by atoms with Gasteiger partial charge in [0.25, 0.3) is 0 Å². The van der Waals surface area contributed by atoms with Crippen LogP contribution < -0.4 is 0 Å². The molecule has 0 amide bonds. The van der Waals surface area contributed by atoms with E-state index >= 15 is 0 Å². The average molecular weight is 194 g/mol. The molecule has 1 aliphatic heterocycles. The summed E-state index contributed by atoms with van der Waals surface area (Å²) in [7, 11) is 0. The summed E-state index contributed by atoms with van der Waals surface area (Å²) in [5, 5.41) is 9.81. The second-order valence-corrected chi connectivity index (χ2v) is 4.55. The number of ether oxygens (including phenoxy) is 1. The molecule has 2 nitrogen and oxygen atoms in total. The van der Waals surface area contributed by atoms with E-state index in [0.29, 0.717) is 17.8 Å². The third-order valence-electron chi connectivity index (χ3n) is 3.60. The number of hydrogen-bond acceptors (Lipinski definition) is 2. The minimum Gasteiger partial charge on any atom is -0.390 e. The molecule has 2 rings (SSSR count). The molecule has 1 N–H and O–H groups in total. The van der Waals surface area contributed by atoms with Crippen molar-refractivity contribution in [1.82, 2.24) is 0 Å². The maximum Gasteiger partial charge on any atom is 0.0868 e. The maximum absolute atomic E-state index is 9.81. The largest absolute Gasteiger partial charge is 0.390 e. The van der Waals surface area contributed by atoms with E-state index in [9.17, 15) is 5.11 Å². The maximum atomic E-state index is 9.81. The standard InChI is InChI=1S/C12H18O2/c1-3-4-5-9-6-10(13)12-11(9)8(2)7-14-12/h8-13H,5-7H2,1-2H3/t8-,9+,10+,11-,12+/m1/s1. The van der Waals surface area contributed by atoms with Crippen molar-refractivity contribution in [1.29, 1.82) is 0 Å². The highest BCUT2D eigenvalue weighted by Crippen LogP contribution is 2.44. The van der Waals surface area contributed by atoms with Gasteiger partial charge < -0.3 is 9.84 Å². The lowest BCUT2D eigenvalue weighted by Crippen LogP contribution is -2.24. The van der Waals surface area contributed by atoms with Crippen LogP contribution in [-0.2, 0) is 4.74 Å². The summed E-state index contributed by atoms with van der Waals surface area (Å²) >= 11 is 0. The fraction of sp³-hybridized carbons (Fsp3) is 0.833. The summed E-state index contributed by atoms with van der Waals surface area (Å²) in [6.45, 7) is 4.90. The van der Waals surface area contributed by atoms with Gasteiger partial charge in [-0.25, -0.2) is 0 Å². The molecule has 1 aliphatic carbocycles. The first-order valence-corrected chi connectivity index (χ1v) is 5.43. The van der Waals surface area contributed by atoms with Crippen LogP contribution in [0.4, 0.5) is 0 Å². The van der Waals surface area contributed by atoms with Gasteiger partial charge >= 0.3 is 0 Å². The summed E-state index contributed by atoms with van der Waals surface area (Å²) in [6, 6.07) is 0. The Morgan fingerprint density at radius 2 is 2.29 bits per heavy atom. The van der Waals surface area contributed by atoms with Crippen LogP contribution in [0.1, 0.15) is 26.7 Å². The van der Waals surface area contributed by atoms with E-state index < -0.39 is 0 Å². The second kappa shape index (κ2) is 3.92. The summed E-state index contributed by atoms with van der Waals surface area (Å²) in [5.41, 5.74) is 0. The van der Waals surface area contributed by atoms with Gasteiger partial charge in [0.05, 0.1) is 18.8 Å². The number of aliphatic hydroxyl groups is 1. The highest BCUT2D eigenvalue weighted by molar-refractivity contribution is 5.04. The molecular formula is C12H18O2. The number of hydrogen-bond donors (Lipinski definition) is 1. The van der Waals surface area contributed by atoms with Crippen LogP contribution in [0.3, 0.4) is 0 Å². The molecule has 2 aliphatic rings. The van der Waals surface area contributed by atoms with E-state index in [1.165, 1.54) is 0 Å². The second-order valence-electron chi connectivity index (χ2n) is 4.55. The highest BCUT2D eigenvalue weighted by Gasteiger charge is 2.49. The van der Waals surface area contributed by atoms with Gasteiger partial charge in [0.2, 0.25) is 0 Å². The van der Waals surface area contributed by atoms with Crippen molar-refractivity contribution in [2.24, 2.45) is 17.8 Å². The first-order valence-electron chi connectivity index (χ1n) is 5.43. The van der Waals surface area contributed by atoms with Crippen molar-refractivity contribution in [2.45, 2.75) is 38.9 Å². The molecule has 14 heavy (non-hydrogen) atoms. The fourth-order valence-corrected chi connectivity index (χ4v) is 2.96. The van der Waals surface area contributed by atoms with E-state index in [4.69, 9.17) is 4.74 Å². The first kappa shape index (κ1) is 10.0. The van der Waals surface area contributed by atoms with E-state index in [0.717, 1.165) is 19.4 Å². The van der Waals surface area contributed by atoms with Crippen LogP contribution in [0.25, 0.3) is 0 Å². The average Bonchev–Trinajstić information content (AvgIpc) is 2.67. The van der Waals surface area contributed by atoms with Crippen molar-refractivity contribution in [3.63, 3.8) is 0 Å². The molecule has 0 radical (unpaired) electrons. The van der Waals surface area contributed by atoms with Crippen LogP contribution in [0, 0.1) is 29.6 Å². The minimum atomic E-state index is -0.256. The molecule has 0 aromatic heterocycles. The molecule has 1 heterocycles. The molecule has 2 heteroatoms. The monoisotopic (exact) mass is 194 g/mol. The quantitative estimate of drug-likeness (QED) is 0.640. The van der Waals surface area contributed by atoms with E-state index in [1.54, 1.807) is 0 Å². The third-order valence-corrected chi connectivity index (χ3v) is 3.60. The lowest BCUT2D eigenvalue weighted by molar-refractivity contribution is 0.00630. The lowest BCUT2D eigenvalue weighted by Gasteiger charge is -2.18. The number of rotatable bonds is 1. The zero-order valence-electron chi connectivity index (χ0n) is 8.86. The summed E-state index contributed by atoms with van der Waals surface area (Å²) in [6.07, 6.45) is 1.62. The van der Waals surface area contributed by atoms with Gasteiger partial charge in [-0.1, -0.05) is 6.92 Å². The molecule has 1 saturated carbocycles. The normalized spacial score (nSPS) is 45.8. The Hall–Kier alpha value is -0.520. The Kier molecular flexibility index (Phi) is 2.80. The Labute approximate surface area is 85.6 Å². The van der Waals surface area contributed by atoms with Crippen molar-refractivity contribution >= 4 is 0 Å². The van der Waals surface area contributed by atoms with Crippen LogP contribution in [0.2, 0.25) is 0 Å². The Morgan fingerprint density at radius 1 is 1.50 bits per heavy atom. The fourth-order valence-electron chi connectivity index (χ4n) is 2.96.